The Hall–Kier alpha value is -1.90. The fraction of sp³-hybridized carbons (Fsp3) is 0.636. The maximum atomic E-state index is 12.8. The molecule has 2 N–H and O–H groups in total. The van der Waals surface area contributed by atoms with E-state index in [1.54, 1.807) is 18.2 Å². The van der Waals surface area contributed by atoms with Gasteiger partial charge in [0.25, 0.3) is 11.8 Å². The summed E-state index contributed by atoms with van der Waals surface area (Å²) in [7, 11) is 3.37. The first-order valence-electron chi connectivity index (χ1n) is 10.7. The molecule has 7 nitrogen and oxygen atoms in total. The number of amides is 2. The monoisotopic (exact) mass is 415 g/mol. The highest BCUT2D eigenvalue weighted by Gasteiger charge is 2.51. The minimum absolute atomic E-state index is 0.169. The number of carbonyl (C=O) groups is 2. The van der Waals surface area contributed by atoms with Gasteiger partial charge >= 0.3 is 7.12 Å². The molecule has 0 radical (unpaired) electrons. The highest BCUT2D eigenvalue weighted by molar-refractivity contribution is 6.62. The summed E-state index contributed by atoms with van der Waals surface area (Å²) < 4.78 is 12.3. The number of nitrogens with zero attached hydrogens (tertiary/aromatic N) is 1. The topological polar surface area (TPSA) is 79.9 Å². The van der Waals surface area contributed by atoms with Crippen molar-refractivity contribution < 1.29 is 18.9 Å². The molecule has 1 aliphatic carbocycles. The van der Waals surface area contributed by atoms with Crippen molar-refractivity contribution in [3.05, 3.63) is 29.3 Å². The fourth-order valence-corrected chi connectivity index (χ4v) is 3.22. The molecule has 2 fully saturated rings. The lowest BCUT2D eigenvalue weighted by Gasteiger charge is -2.32. The zero-order valence-corrected chi connectivity index (χ0v) is 19.0. The van der Waals surface area contributed by atoms with Gasteiger partial charge in [0.05, 0.1) is 11.2 Å². The van der Waals surface area contributed by atoms with E-state index in [4.69, 9.17) is 9.31 Å². The number of hydrogen-bond acceptors (Lipinski definition) is 5. The van der Waals surface area contributed by atoms with Gasteiger partial charge in [0.2, 0.25) is 0 Å². The number of benzene rings is 1. The Balaban J connectivity index is 1.82. The third kappa shape index (κ3) is 5.42. The van der Waals surface area contributed by atoms with Crippen molar-refractivity contribution >= 4 is 24.4 Å². The molecule has 1 aromatic carbocycles. The molecule has 0 unspecified atom stereocenters. The molecule has 8 heteroatoms. The minimum Gasteiger partial charge on any atom is -0.399 e. The molecule has 1 aromatic rings. The first-order chi connectivity index (χ1) is 14.0. The molecule has 1 saturated heterocycles. The SMILES string of the molecule is CN(C)CCCNC(=O)c1cc(B2OC(C)(C)C(C)(C)O2)cc(C(=O)NC2CC2)c1. The van der Waals surface area contributed by atoms with Crippen molar-refractivity contribution in [3.63, 3.8) is 0 Å². The molecule has 164 valence electrons. The summed E-state index contributed by atoms with van der Waals surface area (Å²) in [6.07, 6.45) is 2.86. The van der Waals surface area contributed by atoms with Gasteiger partial charge in [-0.1, -0.05) is 0 Å². The highest BCUT2D eigenvalue weighted by Crippen LogP contribution is 2.36. The molecule has 0 aromatic heterocycles. The van der Waals surface area contributed by atoms with Crippen LogP contribution in [0.3, 0.4) is 0 Å². The van der Waals surface area contributed by atoms with Crippen LogP contribution in [0, 0.1) is 0 Å². The maximum Gasteiger partial charge on any atom is 0.494 e. The summed E-state index contributed by atoms with van der Waals surface area (Å²) in [6.45, 7) is 9.39. The Labute approximate surface area is 180 Å². The van der Waals surface area contributed by atoms with E-state index in [-0.39, 0.29) is 17.9 Å². The average molecular weight is 415 g/mol. The lowest BCUT2D eigenvalue weighted by Crippen LogP contribution is -2.41. The molecular formula is C22H34BN3O4. The Kier molecular flexibility index (Phi) is 6.60. The largest absolute Gasteiger partial charge is 0.494 e. The molecule has 1 saturated carbocycles. The van der Waals surface area contributed by atoms with E-state index in [0.717, 1.165) is 25.8 Å². The number of nitrogens with one attached hydrogen (secondary N) is 2. The van der Waals surface area contributed by atoms with Crippen LogP contribution in [0.15, 0.2) is 18.2 Å². The summed E-state index contributed by atoms with van der Waals surface area (Å²) in [5.74, 6) is -0.370. The lowest BCUT2D eigenvalue weighted by molar-refractivity contribution is 0.00578. The summed E-state index contributed by atoms with van der Waals surface area (Å²) in [6, 6.07) is 5.41. The standard InChI is InChI=1S/C22H34BN3O4/c1-21(2)22(3,4)30-23(29-21)17-13-15(19(27)24-10-7-11-26(5)6)12-16(14-17)20(28)25-18-8-9-18/h12-14,18H,7-11H2,1-6H3,(H,24,27)(H,25,28). The smallest absolute Gasteiger partial charge is 0.399 e. The molecule has 2 aliphatic rings. The normalized spacial score (nSPS) is 19.8. The molecule has 2 amide bonds. The summed E-state index contributed by atoms with van der Waals surface area (Å²) in [5, 5.41) is 5.94. The Bertz CT molecular complexity index is 790. The number of hydrogen-bond donors (Lipinski definition) is 2. The minimum atomic E-state index is -0.635. The van der Waals surface area contributed by atoms with Crippen LogP contribution >= 0.6 is 0 Å². The van der Waals surface area contributed by atoms with E-state index in [9.17, 15) is 9.59 Å². The zero-order valence-electron chi connectivity index (χ0n) is 19.0. The van der Waals surface area contributed by atoms with Gasteiger partial charge < -0.3 is 24.8 Å². The van der Waals surface area contributed by atoms with Crippen LogP contribution in [0.2, 0.25) is 0 Å². The molecule has 30 heavy (non-hydrogen) atoms. The fourth-order valence-electron chi connectivity index (χ4n) is 3.22. The van der Waals surface area contributed by atoms with Gasteiger partial charge in [-0.15, -0.1) is 0 Å². The van der Waals surface area contributed by atoms with Crippen molar-refractivity contribution in [1.82, 2.24) is 15.5 Å². The van der Waals surface area contributed by atoms with E-state index in [1.165, 1.54) is 0 Å². The van der Waals surface area contributed by atoms with Gasteiger partial charge in [-0.05, 0) is 91.3 Å². The van der Waals surface area contributed by atoms with Crippen LogP contribution in [0.4, 0.5) is 0 Å². The molecule has 0 spiro atoms. The molecule has 0 bridgehead atoms. The van der Waals surface area contributed by atoms with Crippen molar-refractivity contribution in [2.75, 3.05) is 27.2 Å². The molecule has 1 heterocycles. The van der Waals surface area contributed by atoms with Gasteiger partial charge in [0.15, 0.2) is 0 Å². The van der Waals surface area contributed by atoms with Crippen molar-refractivity contribution in [1.29, 1.82) is 0 Å². The second-order valence-electron chi connectivity index (χ2n) is 9.59. The van der Waals surface area contributed by atoms with Crippen LogP contribution < -0.4 is 16.1 Å². The maximum absolute atomic E-state index is 12.8. The second kappa shape index (κ2) is 8.69. The highest BCUT2D eigenvalue weighted by atomic mass is 16.7. The van der Waals surface area contributed by atoms with Crippen LogP contribution in [-0.4, -0.2) is 68.3 Å². The van der Waals surface area contributed by atoms with Crippen molar-refractivity contribution in [2.45, 2.75) is 64.2 Å². The Morgan fingerprint density at radius 2 is 1.60 bits per heavy atom. The van der Waals surface area contributed by atoms with Gasteiger partial charge in [-0.3, -0.25) is 9.59 Å². The number of rotatable bonds is 8. The summed E-state index contributed by atoms with van der Waals surface area (Å²) in [4.78, 5) is 27.6. The lowest BCUT2D eigenvalue weighted by atomic mass is 9.77. The zero-order chi connectivity index (χ0) is 22.1. The van der Waals surface area contributed by atoms with Crippen molar-refractivity contribution in [3.8, 4) is 0 Å². The quantitative estimate of drug-likeness (QED) is 0.498. The van der Waals surface area contributed by atoms with Crippen LogP contribution in [-0.2, 0) is 9.31 Å². The van der Waals surface area contributed by atoms with Crippen LogP contribution in [0.5, 0.6) is 0 Å². The Morgan fingerprint density at radius 3 is 2.13 bits per heavy atom. The third-order valence-corrected chi connectivity index (χ3v) is 5.99. The molecule has 3 rings (SSSR count). The van der Waals surface area contributed by atoms with E-state index in [2.05, 4.69) is 15.5 Å². The van der Waals surface area contributed by atoms with E-state index < -0.39 is 18.3 Å². The van der Waals surface area contributed by atoms with E-state index in [0.29, 0.717) is 23.1 Å². The molecule has 0 atom stereocenters. The second-order valence-corrected chi connectivity index (χ2v) is 9.59. The average Bonchev–Trinajstić information content (AvgIpc) is 3.43. The van der Waals surface area contributed by atoms with E-state index >= 15 is 0 Å². The first-order valence-corrected chi connectivity index (χ1v) is 10.7. The van der Waals surface area contributed by atoms with Gasteiger partial charge in [0, 0.05) is 23.7 Å². The summed E-state index contributed by atoms with van der Waals surface area (Å²) >= 11 is 0. The summed E-state index contributed by atoms with van der Waals surface area (Å²) in [5.41, 5.74) is 0.563. The van der Waals surface area contributed by atoms with E-state index in [1.807, 2.05) is 41.8 Å². The van der Waals surface area contributed by atoms with Gasteiger partial charge in [-0.25, -0.2) is 0 Å². The van der Waals surface area contributed by atoms with Crippen LogP contribution in [0.1, 0.15) is 67.7 Å². The van der Waals surface area contributed by atoms with Gasteiger partial charge in [0.1, 0.15) is 0 Å². The molecular weight excluding hydrogens is 381 g/mol. The Morgan fingerprint density at radius 1 is 1.03 bits per heavy atom. The third-order valence-electron chi connectivity index (χ3n) is 5.99. The predicted molar refractivity (Wildman–Crippen MR) is 118 cm³/mol. The number of carbonyl (C=O) groups excluding carboxylic acids is 2. The first kappa shape index (κ1) is 22.8. The van der Waals surface area contributed by atoms with Crippen LogP contribution in [0.25, 0.3) is 0 Å². The van der Waals surface area contributed by atoms with Gasteiger partial charge in [-0.2, -0.15) is 0 Å². The van der Waals surface area contributed by atoms with Crippen molar-refractivity contribution in [2.24, 2.45) is 0 Å². The molecule has 1 aliphatic heterocycles. The predicted octanol–water partition coefficient (Wildman–Crippen LogP) is 1.56.